The molecule has 2 heterocycles. The lowest BCUT2D eigenvalue weighted by atomic mass is 10.1. The van der Waals surface area contributed by atoms with Gasteiger partial charge in [-0.3, -0.25) is 9.59 Å². The predicted octanol–water partition coefficient (Wildman–Crippen LogP) is 3.48. The zero-order valence-electron chi connectivity index (χ0n) is 15.8. The third-order valence-corrected chi connectivity index (χ3v) is 5.59. The van der Waals surface area contributed by atoms with Crippen molar-refractivity contribution in [2.45, 2.75) is 19.8 Å². The lowest BCUT2D eigenvalue weighted by Crippen LogP contribution is -2.32. The van der Waals surface area contributed by atoms with Gasteiger partial charge in [0.1, 0.15) is 4.70 Å². The summed E-state index contributed by atoms with van der Waals surface area (Å²) >= 11 is 1.29. The highest BCUT2D eigenvalue weighted by molar-refractivity contribution is 7.17. The largest absolute Gasteiger partial charge is 0.333 e. The summed E-state index contributed by atoms with van der Waals surface area (Å²) in [6, 6.07) is 16.3. The fourth-order valence-electron chi connectivity index (χ4n) is 3.20. The highest BCUT2D eigenvalue weighted by Gasteiger charge is 2.11. The summed E-state index contributed by atoms with van der Waals surface area (Å²) in [7, 11) is 0. The first-order chi connectivity index (χ1) is 14.0. The van der Waals surface area contributed by atoms with E-state index in [0.29, 0.717) is 15.9 Å². The fourth-order valence-corrected chi connectivity index (χ4v) is 3.97. The van der Waals surface area contributed by atoms with Crippen LogP contribution in [0.4, 0.5) is 5.69 Å². The number of H-pyrrole nitrogens is 1. The Balaban J connectivity index is 1.53. The van der Waals surface area contributed by atoms with Crippen LogP contribution in [0.1, 0.15) is 18.1 Å². The van der Waals surface area contributed by atoms with Crippen molar-refractivity contribution < 1.29 is 4.79 Å². The van der Waals surface area contributed by atoms with Crippen LogP contribution in [0.25, 0.3) is 15.9 Å². The highest BCUT2D eigenvalue weighted by atomic mass is 32.1. The number of anilines is 1. The van der Waals surface area contributed by atoms with Gasteiger partial charge in [-0.2, -0.15) is 0 Å². The average Bonchev–Trinajstić information content (AvgIpc) is 3.18. The number of hydrogen-bond acceptors (Lipinski definition) is 4. The third kappa shape index (κ3) is 3.90. The Hall–Kier alpha value is -3.45. The SMILES string of the molecule is CCc1cccc(NC(=O)Cc2ccc(-n3c(=O)[nH]c4ccsc4c3=O)cc2)c1. The van der Waals surface area contributed by atoms with Crippen LogP contribution < -0.4 is 16.6 Å². The van der Waals surface area contributed by atoms with Gasteiger partial charge in [0.2, 0.25) is 5.91 Å². The molecule has 0 unspecified atom stereocenters. The zero-order valence-corrected chi connectivity index (χ0v) is 16.6. The number of carbonyl (C=O) groups excluding carboxylic acids is 1. The van der Waals surface area contributed by atoms with Crippen molar-refractivity contribution in [3.05, 3.63) is 91.9 Å². The summed E-state index contributed by atoms with van der Waals surface area (Å²) in [6.07, 6.45) is 1.10. The topological polar surface area (TPSA) is 84.0 Å². The minimum atomic E-state index is -0.484. The minimum absolute atomic E-state index is 0.124. The molecule has 0 bridgehead atoms. The number of benzene rings is 2. The van der Waals surface area contributed by atoms with Crippen LogP contribution in [-0.2, 0) is 17.6 Å². The van der Waals surface area contributed by atoms with E-state index in [9.17, 15) is 14.4 Å². The monoisotopic (exact) mass is 405 g/mol. The second-order valence-corrected chi connectivity index (χ2v) is 7.60. The Kier molecular flexibility index (Phi) is 5.14. The molecule has 0 saturated carbocycles. The van der Waals surface area contributed by atoms with Gasteiger partial charge in [0.15, 0.2) is 0 Å². The van der Waals surface area contributed by atoms with E-state index in [1.165, 1.54) is 11.3 Å². The molecule has 0 spiro atoms. The van der Waals surface area contributed by atoms with Crippen molar-refractivity contribution in [1.29, 1.82) is 0 Å². The fraction of sp³-hybridized carbons (Fsp3) is 0.136. The molecular formula is C22H19N3O3S. The predicted molar refractivity (Wildman–Crippen MR) is 116 cm³/mol. The van der Waals surface area contributed by atoms with Crippen molar-refractivity contribution in [3.63, 3.8) is 0 Å². The van der Waals surface area contributed by atoms with Crippen molar-refractivity contribution in [2.75, 3.05) is 5.32 Å². The number of nitrogens with zero attached hydrogens (tertiary/aromatic N) is 1. The van der Waals surface area contributed by atoms with Crippen LogP contribution in [0.15, 0.2) is 69.6 Å². The summed E-state index contributed by atoms with van der Waals surface area (Å²) in [5.41, 5.74) is 2.90. The number of fused-ring (bicyclic) bond motifs is 1. The van der Waals surface area contributed by atoms with Crippen LogP contribution in [0.5, 0.6) is 0 Å². The van der Waals surface area contributed by atoms with Crippen LogP contribution in [-0.4, -0.2) is 15.5 Å². The third-order valence-electron chi connectivity index (χ3n) is 4.69. The van der Waals surface area contributed by atoms with Gasteiger partial charge in [-0.15, -0.1) is 11.3 Å². The number of nitrogens with one attached hydrogen (secondary N) is 2. The molecule has 2 aromatic carbocycles. The molecule has 29 heavy (non-hydrogen) atoms. The molecule has 2 aromatic heterocycles. The number of rotatable bonds is 5. The first-order valence-corrected chi connectivity index (χ1v) is 10.1. The molecule has 4 aromatic rings. The molecule has 0 radical (unpaired) electrons. The summed E-state index contributed by atoms with van der Waals surface area (Å²) in [4.78, 5) is 40.0. The van der Waals surface area contributed by atoms with Gasteiger partial charge in [-0.1, -0.05) is 31.2 Å². The summed E-state index contributed by atoms with van der Waals surface area (Å²) in [6.45, 7) is 2.06. The van der Waals surface area contributed by atoms with Crippen molar-refractivity contribution in [2.24, 2.45) is 0 Å². The lowest BCUT2D eigenvalue weighted by molar-refractivity contribution is -0.115. The molecule has 7 heteroatoms. The zero-order chi connectivity index (χ0) is 20.4. The Morgan fingerprint density at radius 3 is 2.62 bits per heavy atom. The lowest BCUT2D eigenvalue weighted by Gasteiger charge is -2.08. The van der Waals surface area contributed by atoms with E-state index < -0.39 is 5.69 Å². The maximum atomic E-state index is 12.6. The van der Waals surface area contributed by atoms with Gasteiger partial charge in [-0.05, 0) is 53.3 Å². The molecular weight excluding hydrogens is 386 g/mol. The van der Waals surface area contributed by atoms with Gasteiger partial charge >= 0.3 is 5.69 Å². The Bertz CT molecular complexity index is 1300. The van der Waals surface area contributed by atoms with Gasteiger partial charge in [0.25, 0.3) is 5.56 Å². The second-order valence-electron chi connectivity index (χ2n) is 6.68. The molecule has 0 aliphatic heterocycles. The van der Waals surface area contributed by atoms with Crippen molar-refractivity contribution >= 4 is 33.1 Å². The molecule has 0 fully saturated rings. The van der Waals surface area contributed by atoms with Crippen LogP contribution >= 0.6 is 11.3 Å². The number of hydrogen-bond donors (Lipinski definition) is 2. The Morgan fingerprint density at radius 1 is 1.07 bits per heavy atom. The first-order valence-electron chi connectivity index (χ1n) is 9.26. The minimum Gasteiger partial charge on any atom is -0.326 e. The molecule has 6 nitrogen and oxygen atoms in total. The second kappa shape index (κ2) is 7.89. The molecule has 146 valence electrons. The molecule has 0 saturated heterocycles. The van der Waals surface area contributed by atoms with Gasteiger partial charge in [-0.25, -0.2) is 9.36 Å². The summed E-state index contributed by atoms with van der Waals surface area (Å²) in [5, 5.41) is 4.67. The van der Waals surface area contributed by atoms with Gasteiger partial charge in [0.05, 0.1) is 17.6 Å². The standard InChI is InChI=1S/C22H19N3O3S/c1-2-14-4-3-5-16(12-14)23-19(26)13-15-6-8-17(9-7-15)25-21(27)20-18(10-11-29-20)24-22(25)28/h3-12H,2,13H2,1H3,(H,23,26)(H,24,28). The molecule has 4 rings (SSSR count). The molecule has 0 aliphatic rings. The summed E-state index contributed by atoms with van der Waals surface area (Å²) < 4.78 is 1.61. The van der Waals surface area contributed by atoms with E-state index in [4.69, 9.17) is 0 Å². The van der Waals surface area contributed by atoms with Crippen LogP contribution in [0.2, 0.25) is 0 Å². The van der Waals surface area contributed by atoms with E-state index >= 15 is 0 Å². The number of amides is 1. The highest BCUT2D eigenvalue weighted by Crippen LogP contribution is 2.15. The number of aryl methyl sites for hydroxylation is 1. The maximum Gasteiger partial charge on any atom is 0.333 e. The van der Waals surface area contributed by atoms with E-state index in [0.717, 1.165) is 27.8 Å². The van der Waals surface area contributed by atoms with E-state index in [-0.39, 0.29) is 17.9 Å². The number of aromatic nitrogens is 2. The van der Waals surface area contributed by atoms with E-state index in [2.05, 4.69) is 17.2 Å². The molecule has 0 aliphatic carbocycles. The molecule has 2 N–H and O–H groups in total. The number of carbonyl (C=O) groups is 1. The number of aromatic amines is 1. The Labute approximate surface area is 170 Å². The van der Waals surface area contributed by atoms with E-state index in [1.807, 2.05) is 24.3 Å². The molecule has 1 amide bonds. The van der Waals surface area contributed by atoms with Crippen molar-refractivity contribution in [3.8, 4) is 5.69 Å². The quantitative estimate of drug-likeness (QED) is 0.533. The van der Waals surface area contributed by atoms with Gasteiger partial charge < -0.3 is 10.3 Å². The van der Waals surface area contributed by atoms with Crippen molar-refractivity contribution in [1.82, 2.24) is 9.55 Å². The normalized spacial score (nSPS) is 10.9. The summed E-state index contributed by atoms with van der Waals surface area (Å²) in [5.74, 6) is -0.124. The first kappa shape index (κ1) is 18.9. The average molecular weight is 405 g/mol. The maximum absolute atomic E-state index is 12.6. The van der Waals surface area contributed by atoms with E-state index in [1.54, 1.807) is 35.7 Å². The number of thiophene rings is 1. The van der Waals surface area contributed by atoms with Gasteiger partial charge in [0, 0.05) is 5.69 Å². The van der Waals surface area contributed by atoms with Crippen LogP contribution in [0, 0.1) is 0 Å². The molecule has 0 atom stereocenters. The van der Waals surface area contributed by atoms with Crippen LogP contribution in [0.3, 0.4) is 0 Å². The smallest absolute Gasteiger partial charge is 0.326 e. The Morgan fingerprint density at radius 2 is 1.86 bits per heavy atom.